The molecule has 0 radical (unpaired) electrons. The summed E-state index contributed by atoms with van der Waals surface area (Å²) in [6, 6.07) is 5.05. The van der Waals surface area contributed by atoms with Gasteiger partial charge in [-0.15, -0.1) is 0 Å². The summed E-state index contributed by atoms with van der Waals surface area (Å²) >= 11 is 0. The number of rotatable bonds is 6. The SMILES string of the molecule is COc1ccc(N2C[C@H](C(=O)O[C@H](C)C(N)=O)CC2=O)c(OC)c1. The van der Waals surface area contributed by atoms with Crippen molar-refractivity contribution in [3.05, 3.63) is 18.2 Å². The number of amides is 2. The van der Waals surface area contributed by atoms with Gasteiger partial charge in [0.25, 0.3) is 5.91 Å². The van der Waals surface area contributed by atoms with Gasteiger partial charge < -0.3 is 24.8 Å². The summed E-state index contributed by atoms with van der Waals surface area (Å²) in [4.78, 5) is 36.8. The third kappa shape index (κ3) is 3.58. The lowest BCUT2D eigenvalue weighted by molar-refractivity contribution is -0.157. The Morgan fingerprint density at radius 3 is 2.58 bits per heavy atom. The van der Waals surface area contributed by atoms with E-state index in [1.165, 1.54) is 26.0 Å². The minimum atomic E-state index is -1.03. The number of nitrogens with zero attached hydrogens (tertiary/aromatic N) is 1. The number of esters is 1. The van der Waals surface area contributed by atoms with E-state index in [1.54, 1.807) is 18.2 Å². The zero-order valence-electron chi connectivity index (χ0n) is 13.8. The average Bonchev–Trinajstić information content (AvgIpc) is 2.95. The fourth-order valence-corrected chi connectivity index (χ4v) is 2.43. The number of hydrogen-bond donors (Lipinski definition) is 1. The third-order valence-electron chi connectivity index (χ3n) is 3.83. The molecule has 8 nitrogen and oxygen atoms in total. The molecule has 24 heavy (non-hydrogen) atoms. The normalized spacial score (nSPS) is 18.2. The van der Waals surface area contributed by atoms with Gasteiger partial charge in [-0.25, -0.2) is 0 Å². The quantitative estimate of drug-likeness (QED) is 0.757. The molecule has 1 fully saturated rings. The average molecular weight is 336 g/mol. The van der Waals surface area contributed by atoms with E-state index in [-0.39, 0.29) is 18.9 Å². The summed E-state index contributed by atoms with van der Waals surface area (Å²) in [5.74, 6) is -1.19. The second-order valence-electron chi connectivity index (χ2n) is 5.42. The molecule has 0 spiro atoms. The highest BCUT2D eigenvalue weighted by molar-refractivity contribution is 6.00. The van der Waals surface area contributed by atoms with Crippen LogP contribution >= 0.6 is 0 Å². The molecule has 0 saturated carbocycles. The standard InChI is InChI=1S/C16H20N2O6/c1-9(15(17)20)24-16(21)10-6-14(19)18(8-10)12-5-4-11(22-2)7-13(12)23-3/h4-5,7,9-10H,6,8H2,1-3H3,(H2,17,20)/t9-,10-/m1/s1. The second-order valence-corrected chi connectivity index (χ2v) is 5.42. The number of benzene rings is 1. The molecule has 8 heteroatoms. The van der Waals surface area contributed by atoms with Crippen LogP contribution in [0.5, 0.6) is 11.5 Å². The Hall–Kier alpha value is -2.77. The van der Waals surface area contributed by atoms with Crippen LogP contribution in [-0.4, -0.2) is 44.7 Å². The summed E-state index contributed by atoms with van der Waals surface area (Å²) in [6.45, 7) is 1.53. The van der Waals surface area contributed by atoms with Crippen LogP contribution < -0.4 is 20.1 Å². The van der Waals surface area contributed by atoms with Crippen LogP contribution in [0.25, 0.3) is 0 Å². The first kappa shape index (κ1) is 17.6. The number of hydrogen-bond acceptors (Lipinski definition) is 6. The third-order valence-corrected chi connectivity index (χ3v) is 3.83. The van der Waals surface area contributed by atoms with E-state index in [0.717, 1.165) is 0 Å². The summed E-state index contributed by atoms with van der Waals surface area (Å²) < 4.78 is 15.4. The number of methoxy groups -OCH3 is 2. The lowest BCUT2D eigenvalue weighted by Gasteiger charge is -2.20. The summed E-state index contributed by atoms with van der Waals surface area (Å²) in [6.07, 6.45) is -1.03. The van der Waals surface area contributed by atoms with Crippen molar-refractivity contribution in [3.8, 4) is 11.5 Å². The highest BCUT2D eigenvalue weighted by Crippen LogP contribution is 2.36. The molecule has 1 saturated heterocycles. The molecule has 2 N–H and O–H groups in total. The predicted molar refractivity (Wildman–Crippen MR) is 84.8 cm³/mol. The van der Waals surface area contributed by atoms with E-state index in [2.05, 4.69) is 0 Å². The molecule has 0 aliphatic carbocycles. The van der Waals surface area contributed by atoms with E-state index >= 15 is 0 Å². The highest BCUT2D eigenvalue weighted by Gasteiger charge is 2.38. The van der Waals surface area contributed by atoms with Crippen molar-refractivity contribution in [1.82, 2.24) is 0 Å². The minimum Gasteiger partial charge on any atom is -0.497 e. The molecule has 0 bridgehead atoms. The molecule has 2 rings (SSSR count). The maximum absolute atomic E-state index is 12.3. The molecular weight excluding hydrogens is 316 g/mol. The van der Waals surface area contributed by atoms with Crippen molar-refractivity contribution >= 4 is 23.5 Å². The number of primary amides is 1. The van der Waals surface area contributed by atoms with Crippen LogP contribution in [0.1, 0.15) is 13.3 Å². The number of nitrogens with two attached hydrogens (primary N) is 1. The molecule has 1 aliphatic rings. The smallest absolute Gasteiger partial charge is 0.312 e. The van der Waals surface area contributed by atoms with Gasteiger partial charge in [-0.3, -0.25) is 14.4 Å². The fourth-order valence-electron chi connectivity index (χ4n) is 2.43. The molecule has 1 aliphatic heterocycles. The van der Waals surface area contributed by atoms with Crippen LogP contribution in [0.2, 0.25) is 0 Å². The van der Waals surface area contributed by atoms with Gasteiger partial charge in [-0.05, 0) is 19.1 Å². The molecular formula is C16H20N2O6. The molecule has 2 atom stereocenters. The van der Waals surface area contributed by atoms with Crippen molar-refractivity contribution in [2.75, 3.05) is 25.7 Å². The zero-order chi connectivity index (χ0) is 17.9. The number of anilines is 1. The van der Waals surface area contributed by atoms with Gasteiger partial charge in [0, 0.05) is 19.0 Å². The first-order valence-electron chi connectivity index (χ1n) is 7.39. The van der Waals surface area contributed by atoms with Gasteiger partial charge in [0.15, 0.2) is 6.10 Å². The predicted octanol–water partition coefficient (Wildman–Crippen LogP) is 0.474. The Morgan fingerprint density at radius 2 is 2.00 bits per heavy atom. The Balaban J connectivity index is 2.15. The first-order chi connectivity index (χ1) is 11.4. The number of carbonyl (C=O) groups excluding carboxylic acids is 3. The molecule has 130 valence electrons. The topological polar surface area (TPSA) is 108 Å². The van der Waals surface area contributed by atoms with Crippen molar-refractivity contribution in [1.29, 1.82) is 0 Å². The van der Waals surface area contributed by atoms with Crippen molar-refractivity contribution in [2.45, 2.75) is 19.4 Å². The summed E-state index contributed by atoms with van der Waals surface area (Å²) in [5.41, 5.74) is 5.62. The maximum Gasteiger partial charge on any atom is 0.312 e. The van der Waals surface area contributed by atoms with Gasteiger partial charge in [0.05, 0.1) is 25.8 Å². The number of ether oxygens (including phenoxy) is 3. The number of carbonyl (C=O) groups is 3. The Bertz CT molecular complexity index is 660. The van der Waals surface area contributed by atoms with Crippen molar-refractivity contribution < 1.29 is 28.6 Å². The van der Waals surface area contributed by atoms with E-state index in [0.29, 0.717) is 17.2 Å². The van der Waals surface area contributed by atoms with E-state index in [4.69, 9.17) is 19.9 Å². The Labute approximate surface area is 139 Å². The van der Waals surface area contributed by atoms with Crippen LogP contribution in [-0.2, 0) is 19.1 Å². The zero-order valence-corrected chi connectivity index (χ0v) is 13.8. The Kier molecular flexibility index (Phi) is 5.28. The molecule has 0 unspecified atom stereocenters. The highest BCUT2D eigenvalue weighted by atomic mass is 16.5. The van der Waals surface area contributed by atoms with Crippen LogP contribution in [0.4, 0.5) is 5.69 Å². The minimum absolute atomic E-state index is 0.000497. The molecule has 0 aromatic heterocycles. The van der Waals surface area contributed by atoms with Crippen LogP contribution in [0, 0.1) is 5.92 Å². The first-order valence-corrected chi connectivity index (χ1v) is 7.39. The van der Waals surface area contributed by atoms with Crippen molar-refractivity contribution in [2.24, 2.45) is 11.7 Å². The van der Waals surface area contributed by atoms with E-state index < -0.39 is 23.9 Å². The van der Waals surface area contributed by atoms with Gasteiger partial charge in [-0.2, -0.15) is 0 Å². The summed E-state index contributed by atoms with van der Waals surface area (Å²) in [5, 5.41) is 0. The molecule has 2 amide bonds. The lowest BCUT2D eigenvalue weighted by Crippen LogP contribution is -2.33. The van der Waals surface area contributed by atoms with E-state index in [9.17, 15) is 14.4 Å². The van der Waals surface area contributed by atoms with Crippen molar-refractivity contribution in [3.63, 3.8) is 0 Å². The van der Waals surface area contributed by atoms with Gasteiger partial charge in [0.1, 0.15) is 11.5 Å². The van der Waals surface area contributed by atoms with Gasteiger partial charge in [-0.1, -0.05) is 0 Å². The lowest BCUT2D eigenvalue weighted by atomic mass is 10.1. The van der Waals surface area contributed by atoms with Gasteiger partial charge >= 0.3 is 5.97 Å². The molecule has 1 heterocycles. The van der Waals surface area contributed by atoms with Crippen LogP contribution in [0.3, 0.4) is 0 Å². The fraction of sp³-hybridized carbons (Fsp3) is 0.438. The largest absolute Gasteiger partial charge is 0.497 e. The Morgan fingerprint density at radius 1 is 1.29 bits per heavy atom. The van der Waals surface area contributed by atoms with Crippen LogP contribution in [0.15, 0.2) is 18.2 Å². The molecule has 1 aromatic carbocycles. The second kappa shape index (κ2) is 7.20. The van der Waals surface area contributed by atoms with Gasteiger partial charge in [0.2, 0.25) is 5.91 Å². The summed E-state index contributed by atoms with van der Waals surface area (Å²) in [7, 11) is 3.01. The monoisotopic (exact) mass is 336 g/mol. The molecule has 1 aromatic rings. The van der Waals surface area contributed by atoms with E-state index in [1.807, 2.05) is 0 Å². The maximum atomic E-state index is 12.3.